The van der Waals surface area contributed by atoms with E-state index >= 15 is 0 Å². The Morgan fingerprint density at radius 2 is 2.05 bits per heavy atom. The third-order valence-corrected chi connectivity index (χ3v) is 3.56. The first-order chi connectivity index (χ1) is 9.78. The smallest absolute Gasteiger partial charge is 0.121 e. The molecular weight excluding hydrogens is 248 g/mol. The summed E-state index contributed by atoms with van der Waals surface area (Å²) < 4.78 is 5.28. The second-order valence-corrected chi connectivity index (χ2v) is 4.89. The first kappa shape index (κ1) is 12.6. The Balaban J connectivity index is 1.79. The van der Waals surface area contributed by atoms with Crippen LogP contribution in [-0.4, -0.2) is 12.1 Å². The molecular formula is C17H18N2O. The maximum Gasteiger partial charge on any atom is 0.121 e. The number of fused-ring (bicyclic) bond motifs is 1. The van der Waals surface area contributed by atoms with E-state index in [1.807, 2.05) is 18.3 Å². The van der Waals surface area contributed by atoms with Crippen LogP contribution in [0.1, 0.15) is 11.1 Å². The molecule has 0 aliphatic rings. The standard InChI is InChI=1S/C17H18N2O/c1-12-10-14(6-7-17(12)20-2)19-11-13-4-3-5-16-15(13)8-9-18-16/h3-10,18-19H,11H2,1-2H3. The molecule has 0 saturated carbocycles. The SMILES string of the molecule is COc1ccc(NCc2cccc3[nH]ccc23)cc1C. The van der Waals surface area contributed by atoms with E-state index in [-0.39, 0.29) is 0 Å². The number of H-pyrrole nitrogens is 1. The highest BCUT2D eigenvalue weighted by Gasteiger charge is 2.03. The number of nitrogens with one attached hydrogen (secondary N) is 2. The van der Waals surface area contributed by atoms with Gasteiger partial charge in [-0.1, -0.05) is 12.1 Å². The molecule has 3 aromatic rings. The van der Waals surface area contributed by atoms with E-state index in [1.165, 1.54) is 16.5 Å². The van der Waals surface area contributed by atoms with E-state index in [0.717, 1.165) is 23.5 Å². The first-order valence-electron chi connectivity index (χ1n) is 6.71. The van der Waals surface area contributed by atoms with Crippen LogP contribution in [-0.2, 0) is 6.54 Å². The van der Waals surface area contributed by atoms with Crippen molar-refractivity contribution >= 4 is 16.6 Å². The lowest BCUT2D eigenvalue weighted by atomic mass is 10.1. The van der Waals surface area contributed by atoms with Gasteiger partial charge < -0.3 is 15.0 Å². The number of aromatic amines is 1. The lowest BCUT2D eigenvalue weighted by Crippen LogP contribution is -2.00. The van der Waals surface area contributed by atoms with E-state index < -0.39 is 0 Å². The normalized spacial score (nSPS) is 10.7. The van der Waals surface area contributed by atoms with Gasteiger partial charge in [0.15, 0.2) is 0 Å². The molecule has 0 fully saturated rings. The van der Waals surface area contributed by atoms with Gasteiger partial charge in [0, 0.05) is 29.3 Å². The first-order valence-corrected chi connectivity index (χ1v) is 6.71. The van der Waals surface area contributed by atoms with Crippen molar-refractivity contribution in [3.05, 3.63) is 59.8 Å². The van der Waals surface area contributed by atoms with E-state index in [2.05, 4.69) is 47.6 Å². The zero-order valence-electron chi connectivity index (χ0n) is 11.7. The minimum absolute atomic E-state index is 0.807. The molecule has 1 heterocycles. The number of ether oxygens (including phenoxy) is 1. The highest BCUT2D eigenvalue weighted by atomic mass is 16.5. The molecule has 3 rings (SSSR count). The fourth-order valence-electron chi connectivity index (χ4n) is 2.49. The maximum absolute atomic E-state index is 5.28. The van der Waals surface area contributed by atoms with Crippen LogP contribution in [0.25, 0.3) is 10.9 Å². The second-order valence-electron chi connectivity index (χ2n) is 4.89. The topological polar surface area (TPSA) is 37.0 Å². The highest BCUT2D eigenvalue weighted by molar-refractivity contribution is 5.83. The number of aromatic nitrogens is 1. The van der Waals surface area contributed by atoms with Gasteiger partial charge in [-0.2, -0.15) is 0 Å². The van der Waals surface area contributed by atoms with Gasteiger partial charge >= 0.3 is 0 Å². The monoisotopic (exact) mass is 266 g/mol. The van der Waals surface area contributed by atoms with Crippen LogP contribution in [0.4, 0.5) is 5.69 Å². The summed E-state index contributed by atoms with van der Waals surface area (Å²) in [6.07, 6.45) is 1.98. The van der Waals surface area contributed by atoms with Crippen molar-refractivity contribution in [3.8, 4) is 5.75 Å². The van der Waals surface area contributed by atoms with Crippen molar-refractivity contribution in [1.29, 1.82) is 0 Å². The minimum Gasteiger partial charge on any atom is -0.496 e. The molecule has 2 N–H and O–H groups in total. The summed E-state index contributed by atoms with van der Waals surface area (Å²) in [6.45, 7) is 2.86. The predicted octanol–water partition coefficient (Wildman–Crippen LogP) is 4.10. The van der Waals surface area contributed by atoms with Crippen LogP contribution < -0.4 is 10.1 Å². The molecule has 0 aliphatic heterocycles. The second kappa shape index (κ2) is 5.29. The van der Waals surface area contributed by atoms with Crippen molar-refractivity contribution in [3.63, 3.8) is 0 Å². The number of hydrogen-bond acceptors (Lipinski definition) is 2. The molecule has 0 atom stereocenters. The molecule has 0 amide bonds. The summed E-state index contributed by atoms with van der Waals surface area (Å²) in [5.74, 6) is 0.920. The van der Waals surface area contributed by atoms with Crippen molar-refractivity contribution in [2.24, 2.45) is 0 Å². The minimum atomic E-state index is 0.807. The molecule has 0 aliphatic carbocycles. The average Bonchev–Trinajstić information content (AvgIpc) is 2.94. The molecule has 2 aromatic carbocycles. The van der Waals surface area contributed by atoms with Gasteiger partial charge in [-0.3, -0.25) is 0 Å². The molecule has 1 aromatic heterocycles. The zero-order chi connectivity index (χ0) is 13.9. The van der Waals surface area contributed by atoms with Crippen molar-refractivity contribution < 1.29 is 4.74 Å². The van der Waals surface area contributed by atoms with Gasteiger partial charge in [-0.15, -0.1) is 0 Å². The van der Waals surface area contributed by atoms with Crippen molar-refractivity contribution in [2.75, 3.05) is 12.4 Å². The van der Waals surface area contributed by atoms with Crippen LogP contribution in [0, 0.1) is 6.92 Å². The van der Waals surface area contributed by atoms with E-state index in [4.69, 9.17) is 4.74 Å². The van der Waals surface area contributed by atoms with Gasteiger partial charge in [0.2, 0.25) is 0 Å². The van der Waals surface area contributed by atoms with Crippen LogP contribution in [0.5, 0.6) is 5.75 Å². The Kier molecular flexibility index (Phi) is 3.33. The summed E-state index contributed by atoms with van der Waals surface area (Å²) in [5, 5.41) is 4.73. The molecule has 0 unspecified atom stereocenters. The molecule has 102 valence electrons. The third-order valence-electron chi connectivity index (χ3n) is 3.56. The number of hydrogen-bond donors (Lipinski definition) is 2. The Morgan fingerprint density at radius 3 is 2.85 bits per heavy atom. The van der Waals surface area contributed by atoms with Crippen LogP contribution >= 0.6 is 0 Å². The summed E-state index contributed by atoms with van der Waals surface area (Å²) in [5.41, 5.74) is 4.71. The van der Waals surface area contributed by atoms with Crippen LogP contribution in [0.15, 0.2) is 48.7 Å². The summed E-state index contributed by atoms with van der Waals surface area (Å²) in [7, 11) is 1.70. The largest absolute Gasteiger partial charge is 0.496 e. The van der Waals surface area contributed by atoms with Crippen LogP contribution in [0.3, 0.4) is 0 Å². The predicted molar refractivity (Wildman–Crippen MR) is 83.4 cm³/mol. The third kappa shape index (κ3) is 2.35. The van der Waals surface area contributed by atoms with E-state index in [9.17, 15) is 0 Å². The van der Waals surface area contributed by atoms with E-state index in [1.54, 1.807) is 7.11 Å². The summed E-state index contributed by atoms with van der Waals surface area (Å²) in [4.78, 5) is 3.24. The van der Waals surface area contributed by atoms with Gasteiger partial charge in [-0.05, 0) is 48.4 Å². The summed E-state index contributed by atoms with van der Waals surface area (Å²) in [6, 6.07) is 14.6. The Labute approximate surface area is 118 Å². The number of methoxy groups -OCH3 is 1. The number of anilines is 1. The fourth-order valence-corrected chi connectivity index (χ4v) is 2.49. The van der Waals surface area contributed by atoms with Crippen LogP contribution in [0.2, 0.25) is 0 Å². The molecule has 0 bridgehead atoms. The number of rotatable bonds is 4. The molecule has 0 spiro atoms. The number of aryl methyl sites for hydroxylation is 1. The van der Waals surface area contributed by atoms with Gasteiger partial charge in [0.05, 0.1) is 7.11 Å². The van der Waals surface area contributed by atoms with Crippen molar-refractivity contribution in [1.82, 2.24) is 4.98 Å². The quantitative estimate of drug-likeness (QED) is 0.746. The van der Waals surface area contributed by atoms with Gasteiger partial charge in [0.1, 0.15) is 5.75 Å². The fraction of sp³-hybridized carbons (Fsp3) is 0.176. The maximum atomic E-state index is 5.28. The summed E-state index contributed by atoms with van der Waals surface area (Å²) >= 11 is 0. The highest BCUT2D eigenvalue weighted by Crippen LogP contribution is 2.23. The van der Waals surface area contributed by atoms with Crippen molar-refractivity contribution in [2.45, 2.75) is 13.5 Å². The molecule has 0 saturated heterocycles. The molecule has 20 heavy (non-hydrogen) atoms. The van der Waals surface area contributed by atoms with Gasteiger partial charge in [0.25, 0.3) is 0 Å². The Morgan fingerprint density at radius 1 is 1.15 bits per heavy atom. The molecule has 3 nitrogen and oxygen atoms in total. The molecule has 0 radical (unpaired) electrons. The average molecular weight is 266 g/mol. The van der Waals surface area contributed by atoms with E-state index in [0.29, 0.717) is 0 Å². The van der Waals surface area contributed by atoms with Gasteiger partial charge in [-0.25, -0.2) is 0 Å². The molecule has 3 heteroatoms. The lowest BCUT2D eigenvalue weighted by Gasteiger charge is -2.10. The number of benzene rings is 2. The Bertz CT molecular complexity index is 731. The zero-order valence-corrected chi connectivity index (χ0v) is 11.7. The Hall–Kier alpha value is -2.42. The lowest BCUT2D eigenvalue weighted by molar-refractivity contribution is 0.412.